The van der Waals surface area contributed by atoms with Crippen molar-refractivity contribution >= 4 is 23.3 Å². The Kier molecular flexibility index (Phi) is 5.19. The zero-order chi connectivity index (χ0) is 24.2. The number of aliphatic carboxylic acids is 1. The Morgan fingerprint density at radius 2 is 2.03 bits per heavy atom. The van der Waals surface area contributed by atoms with Gasteiger partial charge in [0, 0.05) is 37.5 Å². The minimum absolute atomic E-state index is 0.0607. The lowest BCUT2D eigenvalue weighted by molar-refractivity contribution is -0.428. The van der Waals surface area contributed by atoms with Gasteiger partial charge in [-0.1, -0.05) is 20.3 Å². The maximum atomic E-state index is 12.6. The quantitative estimate of drug-likeness (QED) is 0.333. The SMILES string of the molecule is CC(N)CNS(=O)(=O)N1C[C@H](CCCB2O[C@@]34C[C@H]5C3[C@H](C5(C)C)[C@@]4(C)O2)[C@](N)(C(=O)O)C1. The largest absolute Gasteiger partial charge is 0.480 e. The molecular formula is C21H37BN4O6S. The van der Waals surface area contributed by atoms with Gasteiger partial charge in [-0.2, -0.15) is 12.7 Å². The summed E-state index contributed by atoms with van der Waals surface area (Å²) in [5.74, 6) is 0.193. The number of nitrogens with two attached hydrogens (primary N) is 2. The molecule has 0 aromatic heterocycles. The standard InChI is InChI=1S/C21H37BN4O6S/c1-12(23)9-25-33(29,30)26-10-13(20(24,11-26)17(27)28)6-5-7-22-31-19(4)16-15-14(18(16,2)3)8-21(15,19)32-22/h12-16,25H,5-11,23-24H2,1-4H3,(H,27,28)/t12?,13-,14-,15?,16+,19+,20-,21-/m0/s1. The molecule has 5 aliphatic rings. The van der Waals surface area contributed by atoms with Crippen molar-refractivity contribution in [3.63, 3.8) is 0 Å². The molecule has 5 fully saturated rings. The number of nitrogens with zero attached hydrogens (tertiary/aromatic N) is 1. The molecule has 10 nitrogen and oxygen atoms in total. The molecule has 2 heterocycles. The Bertz CT molecular complexity index is 964. The number of fused-ring (bicyclic) bond motifs is 1. The highest BCUT2D eigenvalue weighted by Gasteiger charge is 2.92. The molecule has 6 N–H and O–H groups in total. The molecule has 0 aromatic carbocycles. The average molecular weight is 484 g/mol. The van der Waals surface area contributed by atoms with Crippen LogP contribution in [0, 0.1) is 29.1 Å². The minimum Gasteiger partial charge on any atom is -0.480 e. The zero-order valence-corrected chi connectivity index (χ0v) is 20.7. The molecule has 0 bridgehead atoms. The topological polar surface area (TPSA) is 157 Å². The lowest BCUT2D eigenvalue weighted by Crippen LogP contribution is -2.92. The fourth-order valence-corrected chi connectivity index (χ4v) is 9.32. The Hall–Kier alpha value is -0.755. The summed E-state index contributed by atoms with van der Waals surface area (Å²) in [6.07, 6.45) is 2.83. The van der Waals surface area contributed by atoms with Gasteiger partial charge < -0.3 is 25.9 Å². The molecule has 0 aromatic rings. The number of rotatable bonds is 9. The molecule has 186 valence electrons. The van der Waals surface area contributed by atoms with Gasteiger partial charge in [-0.25, -0.2) is 4.72 Å². The first-order valence-corrected chi connectivity index (χ1v) is 13.5. The van der Waals surface area contributed by atoms with Crippen molar-refractivity contribution in [2.24, 2.45) is 40.6 Å². The van der Waals surface area contributed by atoms with Gasteiger partial charge in [0.05, 0.1) is 11.2 Å². The van der Waals surface area contributed by atoms with E-state index in [2.05, 4.69) is 25.5 Å². The van der Waals surface area contributed by atoms with Crippen molar-refractivity contribution in [2.45, 2.75) is 76.1 Å². The molecule has 3 aliphatic carbocycles. The van der Waals surface area contributed by atoms with Crippen LogP contribution < -0.4 is 16.2 Å². The highest BCUT2D eigenvalue weighted by atomic mass is 32.2. The molecule has 2 aliphatic heterocycles. The lowest BCUT2D eigenvalue weighted by atomic mass is 9.20. The van der Waals surface area contributed by atoms with Crippen LogP contribution in [0.25, 0.3) is 0 Å². The number of carboxylic acid groups (broad SMARTS) is 1. The van der Waals surface area contributed by atoms with Gasteiger partial charge >= 0.3 is 13.1 Å². The Morgan fingerprint density at radius 3 is 2.64 bits per heavy atom. The van der Waals surface area contributed by atoms with Crippen LogP contribution in [-0.4, -0.2) is 73.3 Å². The van der Waals surface area contributed by atoms with E-state index < -0.39 is 27.6 Å². The minimum atomic E-state index is -3.86. The molecule has 8 atom stereocenters. The number of carboxylic acids is 1. The van der Waals surface area contributed by atoms with Crippen LogP contribution in [0.2, 0.25) is 6.32 Å². The van der Waals surface area contributed by atoms with Crippen LogP contribution in [0.15, 0.2) is 0 Å². The van der Waals surface area contributed by atoms with E-state index in [1.165, 1.54) is 0 Å². The molecule has 3 saturated carbocycles. The monoisotopic (exact) mass is 484 g/mol. The van der Waals surface area contributed by atoms with Crippen molar-refractivity contribution in [1.29, 1.82) is 0 Å². The third-order valence-electron chi connectivity index (χ3n) is 9.67. The van der Waals surface area contributed by atoms with Gasteiger partial charge in [-0.15, -0.1) is 0 Å². The average Bonchev–Trinajstić information content (AvgIpc) is 3.18. The summed E-state index contributed by atoms with van der Waals surface area (Å²) in [5, 5.41) is 9.78. The molecule has 33 heavy (non-hydrogen) atoms. The third kappa shape index (κ3) is 3.01. The third-order valence-corrected chi connectivity index (χ3v) is 11.2. The second-order valence-corrected chi connectivity index (χ2v) is 13.6. The summed E-state index contributed by atoms with van der Waals surface area (Å²) in [6.45, 7) is 8.42. The van der Waals surface area contributed by atoms with E-state index in [1.807, 2.05) is 0 Å². The molecule has 12 heteroatoms. The summed E-state index contributed by atoms with van der Waals surface area (Å²) in [6, 6.07) is -0.352. The van der Waals surface area contributed by atoms with Crippen LogP contribution in [0.1, 0.15) is 47.0 Å². The van der Waals surface area contributed by atoms with Crippen LogP contribution in [0.5, 0.6) is 0 Å². The fraction of sp³-hybridized carbons (Fsp3) is 0.952. The number of carbonyl (C=O) groups is 1. The Balaban J connectivity index is 1.19. The predicted molar refractivity (Wildman–Crippen MR) is 122 cm³/mol. The van der Waals surface area contributed by atoms with Gasteiger partial charge in [-0.05, 0) is 50.3 Å². The summed E-state index contributed by atoms with van der Waals surface area (Å²) in [7, 11) is -4.16. The van der Waals surface area contributed by atoms with E-state index in [0.29, 0.717) is 36.4 Å². The van der Waals surface area contributed by atoms with E-state index in [9.17, 15) is 18.3 Å². The number of nitrogens with one attached hydrogen (secondary N) is 1. The van der Waals surface area contributed by atoms with Crippen molar-refractivity contribution in [1.82, 2.24) is 9.03 Å². The van der Waals surface area contributed by atoms with E-state index in [-0.39, 0.29) is 44.0 Å². The smallest absolute Gasteiger partial charge is 0.457 e. The number of hydrogen-bond donors (Lipinski definition) is 4. The van der Waals surface area contributed by atoms with Crippen molar-refractivity contribution in [3.8, 4) is 0 Å². The maximum Gasteiger partial charge on any atom is 0.457 e. The van der Waals surface area contributed by atoms with E-state index >= 15 is 0 Å². The summed E-state index contributed by atoms with van der Waals surface area (Å²) < 4.78 is 41.7. The van der Waals surface area contributed by atoms with Gasteiger partial charge in [0.15, 0.2) is 0 Å². The van der Waals surface area contributed by atoms with Gasteiger partial charge in [0.1, 0.15) is 5.54 Å². The first-order chi connectivity index (χ1) is 15.2. The highest BCUT2D eigenvalue weighted by molar-refractivity contribution is 7.87. The Labute approximate surface area is 196 Å². The predicted octanol–water partition coefficient (Wildman–Crippen LogP) is 0.000300. The molecule has 1 spiro atoms. The molecule has 5 rings (SSSR count). The summed E-state index contributed by atoms with van der Waals surface area (Å²) in [5.41, 5.74) is 10.2. The summed E-state index contributed by atoms with van der Waals surface area (Å²) >= 11 is 0. The molecule has 0 radical (unpaired) electrons. The molecular weight excluding hydrogens is 447 g/mol. The van der Waals surface area contributed by atoms with Crippen molar-refractivity contribution in [2.75, 3.05) is 19.6 Å². The van der Waals surface area contributed by atoms with Gasteiger partial charge in [0.25, 0.3) is 10.2 Å². The van der Waals surface area contributed by atoms with Crippen LogP contribution >= 0.6 is 0 Å². The summed E-state index contributed by atoms with van der Waals surface area (Å²) in [4.78, 5) is 12.0. The normalized spacial score (nSPS) is 46.1. The second-order valence-electron chi connectivity index (χ2n) is 11.9. The van der Waals surface area contributed by atoms with E-state index in [0.717, 1.165) is 16.6 Å². The lowest BCUT2D eigenvalue weighted by Gasteiger charge is -2.87. The molecule has 0 amide bonds. The molecule has 2 saturated heterocycles. The van der Waals surface area contributed by atoms with Crippen molar-refractivity contribution < 1.29 is 27.6 Å². The van der Waals surface area contributed by atoms with E-state index in [4.69, 9.17) is 20.8 Å². The van der Waals surface area contributed by atoms with Crippen LogP contribution in [-0.2, 0) is 24.3 Å². The van der Waals surface area contributed by atoms with Gasteiger partial charge in [-0.3, -0.25) is 4.79 Å². The highest BCUT2D eigenvalue weighted by Crippen LogP contribution is 2.86. The second kappa shape index (κ2) is 7.15. The zero-order valence-electron chi connectivity index (χ0n) is 19.9. The maximum absolute atomic E-state index is 12.6. The first-order valence-electron chi connectivity index (χ1n) is 12.1. The van der Waals surface area contributed by atoms with Crippen molar-refractivity contribution in [3.05, 3.63) is 0 Å². The van der Waals surface area contributed by atoms with Gasteiger partial charge in [0.2, 0.25) is 0 Å². The van der Waals surface area contributed by atoms with Crippen LogP contribution in [0.3, 0.4) is 0 Å². The van der Waals surface area contributed by atoms with Crippen LogP contribution in [0.4, 0.5) is 0 Å². The van der Waals surface area contributed by atoms with E-state index in [1.54, 1.807) is 6.92 Å². The Morgan fingerprint density at radius 1 is 1.33 bits per heavy atom. The first kappa shape index (κ1) is 24.0. The fourth-order valence-electron chi connectivity index (χ4n) is 7.90. The molecule has 2 unspecified atom stereocenters. The number of hydrogen-bond acceptors (Lipinski definition) is 7.